The monoisotopic (exact) mass is 288 g/mol. The van der Waals surface area contributed by atoms with Gasteiger partial charge in [-0.15, -0.1) is 0 Å². The smallest absolute Gasteiger partial charge is 0.244 e. The van der Waals surface area contributed by atoms with Crippen LogP contribution >= 0.6 is 0 Å². The Morgan fingerprint density at radius 1 is 1.32 bits per heavy atom. The van der Waals surface area contributed by atoms with Crippen molar-refractivity contribution in [1.29, 1.82) is 0 Å². The highest BCUT2D eigenvalue weighted by Crippen LogP contribution is 2.21. The molecule has 1 aromatic carbocycles. The molecule has 0 bridgehead atoms. The van der Waals surface area contributed by atoms with E-state index in [9.17, 15) is 17.2 Å². The molecule has 1 heterocycles. The molecule has 0 spiro atoms. The molecule has 0 saturated carbocycles. The van der Waals surface area contributed by atoms with Crippen LogP contribution in [0, 0.1) is 11.6 Å². The Bertz CT molecular complexity index is 684. The van der Waals surface area contributed by atoms with E-state index in [-0.39, 0.29) is 12.2 Å². The molecule has 19 heavy (non-hydrogen) atoms. The van der Waals surface area contributed by atoms with Crippen LogP contribution in [0.3, 0.4) is 0 Å². The number of hydrogen-bond donors (Lipinski definition) is 2. The maximum absolute atomic E-state index is 13.5. The van der Waals surface area contributed by atoms with Crippen LogP contribution in [0.1, 0.15) is 5.76 Å². The number of nitrogen functional groups attached to an aromatic ring is 1. The molecule has 0 aliphatic rings. The molecule has 0 fully saturated rings. The molecule has 0 aliphatic heterocycles. The first-order chi connectivity index (χ1) is 8.90. The summed E-state index contributed by atoms with van der Waals surface area (Å²) in [5.41, 5.74) is 5.12. The SMILES string of the molecule is Nc1cc(F)c(F)c(S(=O)(=O)NCc2ccco2)c1. The Morgan fingerprint density at radius 2 is 2.05 bits per heavy atom. The van der Waals surface area contributed by atoms with Crippen molar-refractivity contribution in [1.82, 2.24) is 4.72 Å². The molecule has 102 valence electrons. The van der Waals surface area contributed by atoms with Gasteiger partial charge >= 0.3 is 0 Å². The second-order valence-electron chi connectivity index (χ2n) is 3.72. The lowest BCUT2D eigenvalue weighted by Crippen LogP contribution is -2.24. The molecule has 0 atom stereocenters. The highest BCUT2D eigenvalue weighted by atomic mass is 32.2. The second-order valence-corrected chi connectivity index (χ2v) is 5.45. The summed E-state index contributed by atoms with van der Waals surface area (Å²) in [7, 11) is -4.22. The number of halogens is 2. The lowest BCUT2D eigenvalue weighted by atomic mass is 10.3. The van der Waals surface area contributed by atoms with Crippen LogP contribution in [0.5, 0.6) is 0 Å². The number of hydrogen-bond acceptors (Lipinski definition) is 4. The summed E-state index contributed by atoms with van der Waals surface area (Å²) in [6, 6.07) is 4.67. The fourth-order valence-corrected chi connectivity index (χ4v) is 2.55. The number of rotatable bonds is 4. The van der Waals surface area contributed by atoms with Gasteiger partial charge in [-0.05, 0) is 24.3 Å². The molecular weight excluding hydrogens is 278 g/mol. The van der Waals surface area contributed by atoms with Crippen molar-refractivity contribution < 1.29 is 21.6 Å². The second kappa shape index (κ2) is 4.98. The maximum atomic E-state index is 13.5. The van der Waals surface area contributed by atoms with Gasteiger partial charge in [0, 0.05) is 5.69 Å². The number of benzene rings is 1. The summed E-state index contributed by atoms with van der Waals surface area (Å²) in [6.45, 7) is -0.175. The molecule has 5 nitrogen and oxygen atoms in total. The van der Waals surface area contributed by atoms with Gasteiger partial charge in [0.05, 0.1) is 12.8 Å². The molecule has 0 saturated heterocycles. The van der Waals surface area contributed by atoms with Crippen molar-refractivity contribution in [2.75, 3.05) is 5.73 Å². The zero-order valence-corrected chi connectivity index (χ0v) is 10.4. The van der Waals surface area contributed by atoms with Gasteiger partial charge in [-0.1, -0.05) is 0 Å². The van der Waals surface area contributed by atoms with E-state index in [0.717, 1.165) is 6.07 Å². The average Bonchev–Trinajstić information content (AvgIpc) is 2.84. The predicted molar refractivity (Wildman–Crippen MR) is 63.5 cm³/mol. The zero-order chi connectivity index (χ0) is 14.0. The van der Waals surface area contributed by atoms with E-state index in [4.69, 9.17) is 10.2 Å². The van der Waals surface area contributed by atoms with Crippen molar-refractivity contribution in [2.24, 2.45) is 0 Å². The van der Waals surface area contributed by atoms with Gasteiger partial charge < -0.3 is 10.2 Å². The summed E-state index contributed by atoms with van der Waals surface area (Å²) >= 11 is 0. The summed E-state index contributed by atoms with van der Waals surface area (Å²) in [5.74, 6) is -2.45. The summed E-state index contributed by atoms with van der Waals surface area (Å²) < 4.78 is 57.3. The fourth-order valence-electron chi connectivity index (χ4n) is 1.44. The quantitative estimate of drug-likeness (QED) is 0.837. The third-order valence-electron chi connectivity index (χ3n) is 2.32. The molecule has 2 aromatic rings. The molecule has 8 heteroatoms. The topological polar surface area (TPSA) is 85.3 Å². The average molecular weight is 288 g/mol. The van der Waals surface area contributed by atoms with Crippen LogP contribution < -0.4 is 10.5 Å². The number of anilines is 1. The minimum Gasteiger partial charge on any atom is -0.468 e. The fraction of sp³-hybridized carbons (Fsp3) is 0.0909. The largest absolute Gasteiger partial charge is 0.468 e. The molecule has 3 N–H and O–H groups in total. The van der Waals surface area contributed by atoms with E-state index in [1.165, 1.54) is 6.26 Å². The van der Waals surface area contributed by atoms with Gasteiger partial charge in [-0.25, -0.2) is 21.9 Å². The van der Waals surface area contributed by atoms with Gasteiger partial charge in [0.15, 0.2) is 11.6 Å². The number of nitrogens with one attached hydrogen (secondary N) is 1. The van der Waals surface area contributed by atoms with E-state index in [0.29, 0.717) is 11.8 Å². The van der Waals surface area contributed by atoms with Crippen LogP contribution in [0.4, 0.5) is 14.5 Å². The lowest BCUT2D eigenvalue weighted by molar-refractivity contribution is 0.479. The van der Waals surface area contributed by atoms with Crippen molar-refractivity contribution in [3.05, 3.63) is 47.9 Å². The standard InChI is InChI=1S/C11H10F2N2O3S/c12-9-4-7(14)5-10(11(9)13)19(16,17)15-6-8-2-1-3-18-8/h1-5,15H,6,14H2. The maximum Gasteiger partial charge on any atom is 0.244 e. The van der Waals surface area contributed by atoms with Crippen LogP contribution in [-0.2, 0) is 16.6 Å². The Labute approximate surface area is 108 Å². The number of furan rings is 1. The van der Waals surface area contributed by atoms with Gasteiger partial charge in [-0.2, -0.15) is 0 Å². The molecular formula is C11H10F2N2O3S. The molecule has 0 amide bonds. The predicted octanol–water partition coefficient (Wildman–Crippen LogP) is 1.62. The Kier molecular flexibility index (Phi) is 3.54. The van der Waals surface area contributed by atoms with Crippen LogP contribution in [0.25, 0.3) is 0 Å². The molecule has 0 unspecified atom stereocenters. The van der Waals surface area contributed by atoms with Crippen LogP contribution in [0.15, 0.2) is 39.8 Å². The van der Waals surface area contributed by atoms with Crippen LogP contribution in [0.2, 0.25) is 0 Å². The van der Waals surface area contributed by atoms with Gasteiger partial charge in [0.25, 0.3) is 0 Å². The van der Waals surface area contributed by atoms with Crippen molar-refractivity contribution in [2.45, 2.75) is 11.4 Å². The third-order valence-corrected chi connectivity index (χ3v) is 3.72. The Hall–Kier alpha value is -1.93. The number of sulfonamides is 1. The summed E-state index contributed by atoms with van der Waals surface area (Å²) in [4.78, 5) is -0.837. The number of nitrogens with two attached hydrogens (primary N) is 1. The van der Waals surface area contributed by atoms with E-state index < -0.39 is 26.6 Å². The highest BCUT2D eigenvalue weighted by molar-refractivity contribution is 7.89. The Balaban J connectivity index is 2.29. The first-order valence-electron chi connectivity index (χ1n) is 5.17. The van der Waals surface area contributed by atoms with Gasteiger partial charge in [0.2, 0.25) is 10.0 Å². The first kappa shape index (κ1) is 13.5. The van der Waals surface area contributed by atoms with Gasteiger partial charge in [-0.3, -0.25) is 0 Å². The van der Waals surface area contributed by atoms with Crippen molar-refractivity contribution in [3.63, 3.8) is 0 Å². The molecule has 2 rings (SSSR count). The first-order valence-corrected chi connectivity index (χ1v) is 6.65. The molecule has 0 aliphatic carbocycles. The third kappa shape index (κ3) is 2.91. The minimum atomic E-state index is -4.22. The summed E-state index contributed by atoms with van der Waals surface area (Å²) in [5, 5.41) is 0. The zero-order valence-electron chi connectivity index (χ0n) is 9.56. The molecule has 1 aromatic heterocycles. The van der Waals surface area contributed by atoms with Crippen molar-refractivity contribution in [3.8, 4) is 0 Å². The van der Waals surface area contributed by atoms with E-state index in [1.54, 1.807) is 12.1 Å². The lowest BCUT2D eigenvalue weighted by Gasteiger charge is -2.08. The minimum absolute atomic E-state index is 0.175. The van der Waals surface area contributed by atoms with E-state index in [2.05, 4.69) is 4.72 Å². The van der Waals surface area contributed by atoms with Gasteiger partial charge in [0.1, 0.15) is 10.7 Å². The Morgan fingerprint density at radius 3 is 2.68 bits per heavy atom. The molecule has 0 radical (unpaired) electrons. The van der Waals surface area contributed by atoms with Crippen LogP contribution in [-0.4, -0.2) is 8.42 Å². The normalized spacial score (nSPS) is 11.7. The highest BCUT2D eigenvalue weighted by Gasteiger charge is 2.22. The van der Waals surface area contributed by atoms with Crippen molar-refractivity contribution >= 4 is 15.7 Å². The van der Waals surface area contributed by atoms with E-state index in [1.807, 2.05) is 0 Å². The van der Waals surface area contributed by atoms with E-state index >= 15 is 0 Å². The summed E-state index contributed by atoms with van der Waals surface area (Å²) in [6.07, 6.45) is 1.37.